The molecular formula is C16H21NS. The summed E-state index contributed by atoms with van der Waals surface area (Å²) in [6, 6.07) is 15.5. The van der Waals surface area contributed by atoms with Crippen molar-refractivity contribution in [2.45, 2.75) is 32.2 Å². The normalized spacial score (nSPS) is 12.5. The highest BCUT2D eigenvalue weighted by Gasteiger charge is 2.04. The van der Waals surface area contributed by atoms with Gasteiger partial charge in [0, 0.05) is 10.9 Å². The van der Waals surface area contributed by atoms with E-state index in [0.29, 0.717) is 6.04 Å². The summed E-state index contributed by atoms with van der Waals surface area (Å²) in [5.41, 5.74) is 1.45. The second-order valence-electron chi connectivity index (χ2n) is 4.63. The van der Waals surface area contributed by atoms with Gasteiger partial charge in [-0.1, -0.05) is 36.4 Å². The van der Waals surface area contributed by atoms with Gasteiger partial charge >= 0.3 is 0 Å². The van der Waals surface area contributed by atoms with Crippen LogP contribution in [-0.4, -0.2) is 6.54 Å². The SMILES string of the molecule is C[C@H](NCCCCc1ccccc1)c1cccs1. The van der Waals surface area contributed by atoms with Gasteiger partial charge in [0.2, 0.25) is 0 Å². The molecule has 2 rings (SSSR count). The van der Waals surface area contributed by atoms with E-state index in [4.69, 9.17) is 0 Å². The fraction of sp³-hybridized carbons (Fsp3) is 0.375. The molecule has 0 bridgehead atoms. The van der Waals surface area contributed by atoms with E-state index in [9.17, 15) is 0 Å². The topological polar surface area (TPSA) is 12.0 Å². The highest BCUT2D eigenvalue weighted by molar-refractivity contribution is 7.10. The fourth-order valence-electron chi connectivity index (χ4n) is 2.06. The van der Waals surface area contributed by atoms with Gasteiger partial charge in [0.1, 0.15) is 0 Å². The Hall–Kier alpha value is -1.12. The van der Waals surface area contributed by atoms with Crippen molar-refractivity contribution in [3.8, 4) is 0 Å². The Morgan fingerprint density at radius 1 is 1.06 bits per heavy atom. The smallest absolute Gasteiger partial charge is 0.0386 e. The second-order valence-corrected chi connectivity index (χ2v) is 5.61. The van der Waals surface area contributed by atoms with Gasteiger partial charge in [-0.15, -0.1) is 11.3 Å². The number of rotatable bonds is 7. The average Bonchev–Trinajstić information content (AvgIpc) is 2.93. The number of nitrogens with one attached hydrogen (secondary N) is 1. The Morgan fingerprint density at radius 2 is 1.89 bits per heavy atom. The zero-order valence-electron chi connectivity index (χ0n) is 10.9. The lowest BCUT2D eigenvalue weighted by molar-refractivity contribution is 0.552. The first kappa shape index (κ1) is 13.3. The minimum absolute atomic E-state index is 0.488. The van der Waals surface area contributed by atoms with Crippen molar-refractivity contribution in [2.75, 3.05) is 6.54 Å². The molecule has 0 saturated heterocycles. The van der Waals surface area contributed by atoms with Gasteiger partial charge in [0.15, 0.2) is 0 Å². The molecule has 1 heterocycles. The van der Waals surface area contributed by atoms with Gasteiger partial charge in [-0.05, 0) is 49.7 Å². The van der Waals surface area contributed by atoms with E-state index in [1.807, 2.05) is 11.3 Å². The summed E-state index contributed by atoms with van der Waals surface area (Å²) in [5, 5.41) is 5.72. The molecular weight excluding hydrogens is 238 g/mol. The van der Waals surface area contributed by atoms with E-state index in [-0.39, 0.29) is 0 Å². The van der Waals surface area contributed by atoms with Crippen molar-refractivity contribution in [1.82, 2.24) is 5.32 Å². The van der Waals surface area contributed by atoms with Gasteiger partial charge in [0.05, 0.1) is 0 Å². The molecule has 0 saturated carbocycles. The summed E-state index contributed by atoms with van der Waals surface area (Å²) in [6.07, 6.45) is 3.69. The molecule has 2 heteroatoms. The Kier molecular flexibility index (Phi) is 5.43. The van der Waals surface area contributed by atoms with Gasteiger partial charge in [-0.25, -0.2) is 0 Å². The van der Waals surface area contributed by atoms with Crippen LogP contribution < -0.4 is 5.32 Å². The van der Waals surface area contributed by atoms with Crippen LogP contribution in [0.15, 0.2) is 47.8 Å². The zero-order valence-corrected chi connectivity index (χ0v) is 11.7. The van der Waals surface area contributed by atoms with E-state index >= 15 is 0 Å². The van der Waals surface area contributed by atoms with Gasteiger partial charge in [0.25, 0.3) is 0 Å². The minimum Gasteiger partial charge on any atom is -0.309 e. The van der Waals surface area contributed by atoms with Crippen molar-refractivity contribution < 1.29 is 0 Å². The number of thiophene rings is 1. The molecule has 1 atom stereocenters. The van der Waals surface area contributed by atoms with Crippen LogP contribution in [0, 0.1) is 0 Å². The first-order valence-electron chi connectivity index (χ1n) is 6.67. The van der Waals surface area contributed by atoms with Gasteiger partial charge in [-0.2, -0.15) is 0 Å². The first-order chi connectivity index (χ1) is 8.86. The van der Waals surface area contributed by atoms with Crippen LogP contribution in [0.2, 0.25) is 0 Å². The van der Waals surface area contributed by atoms with Crippen molar-refractivity contribution in [2.24, 2.45) is 0 Å². The Balaban J connectivity index is 1.59. The lowest BCUT2D eigenvalue weighted by atomic mass is 10.1. The number of hydrogen-bond acceptors (Lipinski definition) is 2. The molecule has 1 aromatic heterocycles. The Morgan fingerprint density at radius 3 is 2.61 bits per heavy atom. The Bertz CT molecular complexity index is 422. The van der Waals surface area contributed by atoms with Crippen molar-refractivity contribution in [3.05, 3.63) is 58.3 Å². The largest absolute Gasteiger partial charge is 0.309 e. The average molecular weight is 259 g/mol. The summed E-state index contributed by atoms with van der Waals surface area (Å²) in [7, 11) is 0. The molecule has 0 spiro atoms. The van der Waals surface area contributed by atoms with E-state index < -0.39 is 0 Å². The molecule has 0 radical (unpaired) electrons. The molecule has 1 N–H and O–H groups in total. The molecule has 0 aliphatic heterocycles. The summed E-state index contributed by atoms with van der Waals surface area (Å²) in [6.45, 7) is 3.34. The quantitative estimate of drug-likeness (QED) is 0.726. The van der Waals surface area contributed by atoms with Crippen molar-refractivity contribution >= 4 is 11.3 Å². The van der Waals surface area contributed by atoms with Gasteiger partial charge < -0.3 is 5.32 Å². The highest BCUT2D eigenvalue weighted by Crippen LogP contribution is 2.17. The predicted octanol–water partition coefficient (Wildman–Crippen LogP) is 4.42. The van der Waals surface area contributed by atoms with E-state index in [0.717, 1.165) is 6.54 Å². The monoisotopic (exact) mass is 259 g/mol. The maximum Gasteiger partial charge on any atom is 0.0386 e. The summed E-state index contributed by atoms with van der Waals surface area (Å²) in [5.74, 6) is 0. The number of hydrogen-bond donors (Lipinski definition) is 1. The molecule has 0 unspecified atom stereocenters. The molecule has 96 valence electrons. The van der Waals surface area contributed by atoms with Crippen LogP contribution in [0.4, 0.5) is 0 Å². The van der Waals surface area contributed by atoms with Crippen LogP contribution in [0.3, 0.4) is 0 Å². The summed E-state index contributed by atoms with van der Waals surface area (Å²) < 4.78 is 0. The number of aryl methyl sites for hydroxylation is 1. The van der Waals surface area contributed by atoms with E-state index in [1.165, 1.54) is 29.7 Å². The van der Waals surface area contributed by atoms with Gasteiger partial charge in [-0.3, -0.25) is 0 Å². The maximum atomic E-state index is 3.58. The molecule has 0 amide bonds. The fourth-order valence-corrected chi connectivity index (χ4v) is 2.81. The summed E-state index contributed by atoms with van der Waals surface area (Å²) in [4.78, 5) is 1.43. The van der Waals surface area contributed by atoms with Crippen LogP contribution in [0.25, 0.3) is 0 Å². The number of benzene rings is 1. The third kappa shape index (κ3) is 4.28. The molecule has 1 nitrogen and oxygen atoms in total. The van der Waals surface area contributed by atoms with Crippen molar-refractivity contribution in [3.63, 3.8) is 0 Å². The number of unbranched alkanes of at least 4 members (excludes halogenated alkanes) is 1. The summed E-state index contributed by atoms with van der Waals surface area (Å²) >= 11 is 1.83. The molecule has 0 aliphatic rings. The van der Waals surface area contributed by atoms with Crippen LogP contribution in [-0.2, 0) is 6.42 Å². The maximum absolute atomic E-state index is 3.58. The first-order valence-corrected chi connectivity index (χ1v) is 7.55. The molecule has 0 fully saturated rings. The third-order valence-electron chi connectivity index (χ3n) is 3.16. The predicted molar refractivity (Wildman–Crippen MR) is 80.1 cm³/mol. The highest BCUT2D eigenvalue weighted by atomic mass is 32.1. The lowest BCUT2D eigenvalue weighted by Crippen LogP contribution is -2.19. The van der Waals surface area contributed by atoms with Crippen LogP contribution in [0.1, 0.15) is 36.2 Å². The Labute approximate surface area is 114 Å². The van der Waals surface area contributed by atoms with E-state index in [1.54, 1.807) is 0 Å². The minimum atomic E-state index is 0.488. The lowest BCUT2D eigenvalue weighted by Gasteiger charge is -2.11. The van der Waals surface area contributed by atoms with Crippen molar-refractivity contribution in [1.29, 1.82) is 0 Å². The zero-order chi connectivity index (χ0) is 12.6. The molecule has 2 aromatic rings. The molecule has 18 heavy (non-hydrogen) atoms. The van der Waals surface area contributed by atoms with E-state index in [2.05, 4.69) is 60.1 Å². The van der Waals surface area contributed by atoms with Crippen LogP contribution >= 0.6 is 11.3 Å². The van der Waals surface area contributed by atoms with Crippen LogP contribution in [0.5, 0.6) is 0 Å². The standard InChI is InChI=1S/C16H21NS/c1-14(16-11-7-13-18-16)17-12-6-5-10-15-8-3-2-4-9-15/h2-4,7-9,11,13-14,17H,5-6,10,12H2,1H3/t14-/m0/s1. The molecule has 1 aromatic carbocycles. The molecule has 0 aliphatic carbocycles. The second kappa shape index (κ2) is 7.34. The third-order valence-corrected chi connectivity index (χ3v) is 4.21.